The predicted octanol–water partition coefficient (Wildman–Crippen LogP) is 1.86. The highest BCUT2D eigenvalue weighted by Crippen LogP contribution is 1.87. The van der Waals surface area contributed by atoms with Gasteiger partial charge in [-0.2, -0.15) is 0 Å². The van der Waals surface area contributed by atoms with Crippen LogP contribution in [0.1, 0.15) is 6.42 Å². The molecule has 0 atom stereocenters. The molecule has 0 amide bonds. The molecule has 2 nitrogen and oxygen atoms in total. The number of hydrogen-bond acceptors (Lipinski definition) is 2. The van der Waals surface area contributed by atoms with E-state index in [2.05, 4.69) is 11.3 Å². The SMILES string of the molecule is C=CCC(=O)OC/C=C/Cl. The number of carbonyl (C=O) groups excluding carboxylic acids is 1. The van der Waals surface area contributed by atoms with E-state index in [1.54, 1.807) is 6.08 Å². The fourth-order valence-corrected chi connectivity index (χ4v) is 0.427. The molecule has 0 saturated carbocycles. The molecular formula is C7H9ClO2. The minimum absolute atomic E-state index is 0.232. The molecule has 0 aromatic heterocycles. The van der Waals surface area contributed by atoms with Crippen LogP contribution in [-0.4, -0.2) is 12.6 Å². The maximum Gasteiger partial charge on any atom is 0.309 e. The van der Waals surface area contributed by atoms with Crippen LogP contribution in [-0.2, 0) is 9.53 Å². The Morgan fingerprint density at radius 1 is 1.70 bits per heavy atom. The topological polar surface area (TPSA) is 26.3 Å². The third-order valence-electron chi connectivity index (χ3n) is 0.741. The van der Waals surface area contributed by atoms with Crippen LogP contribution in [0.4, 0.5) is 0 Å². The Morgan fingerprint density at radius 3 is 2.90 bits per heavy atom. The summed E-state index contributed by atoms with van der Waals surface area (Å²) in [6.45, 7) is 3.62. The number of esters is 1. The van der Waals surface area contributed by atoms with Crippen molar-refractivity contribution in [1.82, 2.24) is 0 Å². The number of halogens is 1. The van der Waals surface area contributed by atoms with E-state index in [4.69, 9.17) is 11.6 Å². The first-order valence-corrected chi connectivity index (χ1v) is 3.26. The number of hydrogen-bond donors (Lipinski definition) is 0. The summed E-state index contributed by atoms with van der Waals surface area (Å²) < 4.78 is 4.64. The number of rotatable bonds is 4. The second-order valence-electron chi connectivity index (χ2n) is 1.54. The molecule has 0 fully saturated rings. The second kappa shape index (κ2) is 6.36. The molecule has 0 rings (SSSR count). The zero-order chi connectivity index (χ0) is 7.82. The highest BCUT2D eigenvalue weighted by atomic mass is 35.5. The van der Waals surface area contributed by atoms with Gasteiger partial charge in [0.2, 0.25) is 0 Å². The molecule has 0 N–H and O–H groups in total. The zero-order valence-electron chi connectivity index (χ0n) is 5.55. The fourth-order valence-electron chi connectivity index (χ4n) is 0.354. The molecule has 56 valence electrons. The van der Waals surface area contributed by atoms with E-state index in [0.717, 1.165) is 0 Å². The van der Waals surface area contributed by atoms with Crippen LogP contribution in [0.2, 0.25) is 0 Å². The Kier molecular flexibility index (Phi) is 5.88. The van der Waals surface area contributed by atoms with Crippen molar-refractivity contribution in [2.24, 2.45) is 0 Å². The summed E-state index contributed by atoms with van der Waals surface area (Å²) in [5, 5.41) is 0. The van der Waals surface area contributed by atoms with Crippen molar-refractivity contribution in [3.05, 3.63) is 24.3 Å². The number of carbonyl (C=O) groups is 1. The van der Waals surface area contributed by atoms with E-state index in [0.29, 0.717) is 0 Å². The smallest absolute Gasteiger partial charge is 0.309 e. The van der Waals surface area contributed by atoms with Gasteiger partial charge in [0.25, 0.3) is 0 Å². The van der Waals surface area contributed by atoms with Gasteiger partial charge in [0.15, 0.2) is 0 Å². The quantitative estimate of drug-likeness (QED) is 0.464. The molecule has 0 aliphatic heterocycles. The van der Waals surface area contributed by atoms with E-state index >= 15 is 0 Å². The molecule has 0 unspecified atom stereocenters. The van der Waals surface area contributed by atoms with Gasteiger partial charge in [-0.25, -0.2) is 0 Å². The predicted molar refractivity (Wildman–Crippen MR) is 40.8 cm³/mol. The van der Waals surface area contributed by atoms with E-state index in [1.807, 2.05) is 0 Å². The standard InChI is InChI=1S/C7H9ClO2/c1-2-4-7(9)10-6-3-5-8/h2-3,5H,1,4,6H2/b5-3+. The Bertz CT molecular complexity index is 141. The van der Waals surface area contributed by atoms with Crippen LogP contribution in [0.3, 0.4) is 0 Å². The molecule has 0 aliphatic rings. The van der Waals surface area contributed by atoms with Crippen molar-refractivity contribution in [3.8, 4) is 0 Å². The van der Waals surface area contributed by atoms with Crippen LogP contribution in [0.15, 0.2) is 24.3 Å². The van der Waals surface area contributed by atoms with Gasteiger partial charge in [-0.3, -0.25) is 4.79 Å². The zero-order valence-corrected chi connectivity index (χ0v) is 6.30. The maximum absolute atomic E-state index is 10.5. The molecule has 0 saturated heterocycles. The Hall–Kier alpha value is -0.760. The third kappa shape index (κ3) is 5.38. The normalized spacial score (nSPS) is 9.70. The van der Waals surface area contributed by atoms with E-state index in [1.165, 1.54) is 11.6 Å². The van der Waals surface area contributed by atoms with E-state index in [9.17, 15) is 4.79 Å². The van der Waals surface area contributed by atoms with Gasteiger partial charge in [0.1, 0.15) is 6.61 Å². The highest BCUT2D eigenvalue weighted by Gasteiger charge is 1.94. The van der Waals surface area contributed by atoms with Crippen LogP contribution in [0.5, 0.6) is 0 Å². The monoisotopic (exact) mass is 160 g/mol. The summed E-state index contributed by atoms with van der Waals surface area (Å²) in [5.41, 5.74) is 1.31. The molecule has 0 heterocycles. The molecule has 0 spiro atoms. The number of ether oxygens (including phenoxy) is 1. The summed E-state index contributed by atoms with van der Waals surface area (Å²) in [5.74, 6) is -0.287. The average molecular weight is 161 g/mol. The average Bonchev–Trinajstić information content (AvgIpc) is 1.89. The first-order chi connectivity index (χ1) is 4.81. The summed E-state index contributed by atoms with van der Waals surface area (Å²) in [4.78, 5) is 10.5. The molecule has 0 aromatic rings. The van der Waals surface area contributed by atoms with Gasteiger partial charge < -0.3 is 4.74 Å². The van der Waals surface area contributed by atoms with Crippen LogP contribution >= 0.6 is 11.6 Å². The third-order valence-corrected chi connectivity index (χ3v) is 0.919. The molecular weight excluding hydrogens is 152 g/mol. The van der Waals surface area contributed by atoms with Crippen molar-refractivity contribution in [1.29, 1.82) is 0 Å². The van der Waals surface area contributed by atoms with Crippen molar-refractivity contribution >= 4 is 17.6 Å². The second-order valence-corrected chi connectivity index (χ2v) is 1.79. The Labute approximate surface area is 65.1 Å². The van der Waals surface area contributed by atoms with Gasteiger partial charge in [0, 0.05) is 5.54 Å². The molecule has 0 aromatic carbocycles. The summed E-state index contributed by atoms with van der Waals surface area (Å²) in [7, 11) is 0. The summed E-state index contributed by atoms with van der Waals surface area (Å²) >= 11 is 5.17. The Balaban J connectivity index is 3.30. The first kappa shape index (κ1) is 9.24. The van der Waals surface area contributed by atoms with Crippen LogP contribution in [0, 0.1) is 0 Å². The lowest BCUT2D eigenvalue weighted by molar-refractivity contribution is -0.141. The van der Waals surface area contributed by atoms with Crippen molar-refractivity contribution in [2.75, 3.05) is 6.61 Å². The molecule has 0 aliphatic carbocycles. The van der Waals surface area contributed by atoms with Gasteiger partial charge in [-0.15, -0.1) is 6.58 Å². The lowest BCUT2D eigenvalue weighted by Crippen LogP contribution is -2.01. The van der Waals surface area contributed by atoms with Crippen molar-refractivity contribution in [3.63, 3.8) is 0 Å². The van der Waals surface area contributed by atoms with E-state index < -0.39 is 0 Å². The van der Waals surface area contributed by atoms with Crippen molar-refractivity contribution < 1.29 is 9.53 Å². The van der Waals surface area contributed by atoms with Crippen LogP contribution in [0.25, 0.3) is 0 Å². The van der Waals surface area contributed by atoms with Gasteiger partial charge in [-0.1, -0.05) is 17.7 Å². The van der Waals surface area contributed by atoms with E-state index in [-0.39, 0.29) is 19.0 Å². The minimum atomic E-state index is -0.287. The Morgan fingerprint density at radius 2 is 2.40 bits per heavy atom. The lowest BCUT2D eigenvalue weighted by atomic mass is 10.4. The summed E-state index contributed by atoms with van der Waals surface area (Å²) in [6.07, 6.45) is 3.28. The first-order valence-electron chi connectivity index (χ1n) is 2.83. The summed E-state index contributed by atoms with van der Waals surface area (Å²) in [6, 6.07) is 0. The maximum atomic E-state index is 10.5. The fraction of sp³-hybridized carbons (Fsp3) is 0.286. The van der Waals surface area contributed by atoms with Gasteiger partial charge in [-0.05, 0) is 6.08 Å². The molecule has 0 bridgehead atoms. The van der Waals surface area contributed by atoms with Crippen LogP contribution < -0.4 is 0 Å². The van der Waals surface area contributed by atoms with Crippen molar-refractivity contribution in [2.45, 2.75) is 6.42 Å². The lowest BCUT2D eigenvalue weighted by Gasteiger charge is -1.96. The highest BCUT2D eigenvalue weighted by molar-refractivity contribution is 6.25. The molecule has 10 heavy (non-hydrogen) atoms. The molecule has 3 heteroatoms. The van der Waals surface area contributed by atoms with Gasteiger partial charge in [0.05, 0.1) is 6.42 Å². The minimum Gasteiger partial charge on any atom is -0.461 e. The molecule has 0 radical (unpaired) electrons. The largest absolute Gasteiger partial charge is 0.461 e. The van der Waals surface area contributed by atoms with Gasteiger partial charge >= 0.3 is 5.97 Å².